The molecule has 0 bridgehead atoms. The third-order valence-corrected chi connectivity index (χ3v) is 7.57. The number of nitrogens with two attached hydrogens (primary N) is 1. The third kappa shape index (κ3) is 5.74. The molecule has 1 fully saturated rings. The van der Waals surface area contributed by atoms with E-state index in [1.807, 2.05) is 6.07 Å². The van der Waals surface area contributed by atoms with Crippen LogP contribution in [0.2, 0.25) is 0 Å². The molecule has 3 aromatic rings. The van der Waals surface area contributed by atoms with E-state index in [9.17, 15) is 24.8 Å². The van der Waals surface area contributed by atoms with Crippen LogP contribution in [0.4, 0.5) is 5.82 Å². The summed E-state index contributed by atoms with van der Waals surface area (Å²) in [6, 6.07) is 11.9. The number of anilines is 1. The van der Waals surface area contributed by atoms with Gasteiger partial charge in [-0.15, -0.1) is 0 Å². The van der Waals surface area contributed by atoms with Gasteiger partial charge in [-0.25, -0.2) is 14.1 Å². The van der Waals surface area contributed by atoms with Gasteiger partial charge < -0.3 is 29.9 Å². The molecule has 0 amide bonds. The predicted molar refractivity (Wildman–Crippen MR) is 136 cm³/mol. The third-order valence-electron chi connectivity index (χ3n) is 5.92. The van der Waals surface area contributed by atoms with Crippen molar-refractivity contribution in [2.45, 2.75) is 56.8 Å². The summed E-state index contributed by atoms with van der Waals surface area (Å²) in [5, 5.41) is 38.4. The van der Waals surface area contributed by atoms with Crippen LogP contribution in [0.15, 0.2) is 48.8 Å². The van der Waals surface area contributed by atoms with E-state index in [0.29, 0.717) is 5.52 Å². The Balaban J connectivity index is 1.58. The Morgan fingerprint density at radius 3 is 2.67 bits per heavy atom. The fraction of sp³-hybridized carbons (Fsp3) is 0.417. The van der Waals surface area contributed by atoms with Crippen molar-refractivity contribution in [1.29, 1.82) is 5.26 Å². The molecule has 0 saturated carbocycles. The Labute approximate surface area is 223 Å². The molecule has 1 aromatic carbocycles. The Hall–Kier alpha value is -3.57. The van der Waals surface area contributed by atoms with Crippen molar-refractivity contribution in [3.63, 3.8) is 0 Å². The van der Waals surface area contributed by atoms with Crippen molar-refractivity contribution in [2.24, 2.45) is 0 Å². The standard InChI is InChI=1S/C24H29N6O8P/c1-14(2)36-23(33)15(3)29-39(34,38-16-7-5-4-6-8-16)35-11-18-20(31)21(32)24(12-25,37-18)19-10-9-17-22(26)27-13-28-30(17)19/h4-10,13-15,18,20-21,31-32H,11H2,1-3H3,(H,29,34)(H2,26,27,28)/t15-,18+,20+,21+,24-,39?/m0/s1. The van der Waals surface area contributed by atoms with Crippen LogP contribution in [0.5, 0.6) is 5.75 Å². The van der Waals surface area contributed by atoms with Crippen molar-refractivity contribution < 1.29 is 38.1 Å². The summed E-state index contributed by atoms with van der Waals surface area (Å²) in [4.78, 5) is 16.2. The van der Waals surface area contributed by atoms with Crippen LogP contribution in [0.25, 0.3) is 5.52 Å². The van der Waals surface area contributed by atoms with E-state index in [4.69, 9.17) is 24.3 Å². The van der Waals surface area contributed by atoms with Gasteiger partial charge in [0, 0.05) is 0 Å². The van der Waals surface area contributed by atoms with Gasteiger partial charge in [0.15, 0.2) is 5.82 Å². The van der Waals surface area contributed by atoms with E-state index in [-0.39, 0.29) is 17.3 Å². The number of nitrogens with one attached hydrogen (secondary N) is 1. The zero-order valence-electron chi connectivity index (χ0n) is 21.4. The molecule has 14 nitrogen and oxygen atoms in total. The molecular weight excluding hydrogens is 531 g/mol. The molecule has 1 unspecified atom stereocenters. The average molecular weight is 561 g/mol. The smallest absolute Gasteiger partial charge is 0.459 e. The highest BCUT2D eigenvalue weighted by atomic mass is 31.2. The molecule has 4 rings (SSSR count). The number of nitriles is 1. The van der Waals surface area contributed by atoms with Gasteiger partial charge in [0.05, 0.1) is 18.4 Å². The number of fused-ring (bicyclic) bond motifs is 1. The van der Waals surface area contributed by atoms with Crippen molar-refractivity contribution in [3.8, 4) is 11.8 Å². The van der Waals surface area contributed by atoms with Gasteiger partial charge in [-0.05, 0) is 45.0 Å². The number of esters is 1. The van der Waals surface area contributed by atoms with Crippen LogP contribution in [0.3, 0.4) is 0 Å². The van der Waals surface area contributed by atoms with Crippen LogP contribution >= 0.6 is 7.75 Å². The summed E-state index contributed by atoms with van der Waals surface area (Å²) in [5.41, 5.74) is 4.25. The summed E-state index contributed by atoms with van der Waals surface area (Å²) in [6.07, 6.45) is -3.96. The zero-order chi connectivity index (χ0) is 28.4. The maximum Gasteiger partial charge on any atom is 0.459 e. The summed E-state index contributed by atoms with van der Waals surface area (Å²) in [5.74, 6) is -0.385. The normalized spacial score (nSPS) is 25.2. The first kappa shape index (κ1) is 28.4. The number of hydrogen-bond acceptors (Lipinski definition) is 12. The Bertz CT molecular complexity index is 1410. The van der Waals surface area contributed by atoms with Gasteiger partial charge >= 0.3 is 13.7 Å². The molecule has 1 saturated heterocycles. The maximum atomic E-state index is 13.7. The number of hydrogen-bond donors (Lipinski definition) is 4. The number of carbonyl (C=O) groups is 1. The fourth-order valence-electron chi connectivity index (χ4n) is 4.06. The lowest BCUT2D eigenvalue weighted by atomic mass is 9.92. The number of aliphatic hydroxyl groups excluding tert-OH is 2. The van der Waals surface area contributed by atoms with Crippen LogP contribution in [0.1, 0.15) is 26.5 Å². The molecule has 0 aliphatic carbocycles. The highest BCUT2D eigenvalue weighted by Crippen LogP contribution is 2.47. The first-order valence-corrected chi connectivity index (χ1v) is 13.6. The number of ether oxygens (including phenoxy) is 2. The molecule has 208 valence electrons. The molecule has 2 aromatic heterocycles. The lowest BCUT2D eigenvalue weighted by Crippen LogP contribution is -2.41. The Morgan fingerprint density at radius 1 is 1.28 bits per heavy atom. The highest BCUT2D eigenvalue weighted by Gasteiger charge is 2.58. The van der Waals surface area contributed by atoms with E-state index in [2.05, 4.69) is 15.2 Å². The fourth-order valence-corrected chi connectivity index (χ4v) is 5.56. The molecule has 5 N–H and O–H groups in total. The summed E-state index contributed by atoms with van der Waals surface area (Å²) >= 11 is 0. The molecule has 1 aliphatic heterocycles. The lowest BCUT2D eigenvalue weighted by Gasteiger charge is -2.25. The monoisotopic (exact) mass is 560 g/mol. The maximum absolute atomic E-state index is 13.7. The van der Waals surface area contributed by atoms with E-state index in [1.165, 1.54) is 36.0 Å². The minimum Gasteiger partial charge on any atom is -0.462 e. The summed E-state index contributed by atoms with van der Waals surface area (Å²) in [6.45, 7) is 4.17. The van der Waals surface area contributed by atoms with Crippen molar-refractivity contribution in [3.05, 3.63) is 54.5 Å². The minimum absolute atomic E-state index is 0.0926. The Morgan fingerprint density at radius 2 is 2.00 bits per heavy atom. The molecule has 6 atom stereocenters. The zero-order valence-corrected chi connectivity index (χ0v) is 22.3. The first-order chi connectivity index (χ1) is 18.5. The first-order valence-electron chi connectivity index (χ1n) is 12.0. The highest BCUT2D eigenvalue weighted by molar-refractivity contribution is 7.52. The van der Waals surface area contributed by atoms with Gasteiger partial charge in [-0.1, -0.05) is 18.2 Å². The molecule has 0 radical (unpaired) electrons. The summed E-state index contributed by atoms with van der Waals surface area (Å²) in [7, 11) is -4.30. The SMILES string of the molecule is CC(C)OC(=O)[C@H](C)NP(=O)(OC[C@H]1O[C@@](C#N)(c2ccc3c(N)ncnn23)[C@H](O)[C@@H]1O)Oc1ccccc1. The van der Waals surface area contributed by atoms with Gasteiger partial charge in [0.1, 0.15) is 48.0 Å². The van der Waals surface area contributed by atoms with Crippen molar-refractivity contribution in [2.75, 3.05) is 12.3 Å². The second-order valence-electron chi connectivity index (χ2n) is 9.13. The van der Waals surface area contributed by atoms with E-state index in [0.717, 1.165) is 0 Å². The van der Waals surface area contributed by atoms with E-state index >= 15 is 0 Å². The van der Waals surface area contributed by atoms with Crippen molar-refractivity contribution in [1.82, 2.24) is 19.7 Å². The van der Waals surface area contributed by atoms with Gasteiger partial charge in [-0.3, -0.25) is 9.32 Å². The molecule has 15 heteroatoms. The number of rotatable bonds is 10. The van der Waals surface area contributed by atoms with Gasteiger partial charge in [0.25, 0.3) is 0 Å². The number of benzene rings is 1. The quantitative estimate of drug-likeness (QED) is 0.204. The van der Waals surface area contributed by atoms with Gasteiger partial charge in [-0.2, -0.15) is 15.4 Å². The van der Waals surface area contributed by atoms with Crippen LogP contribution < -0.4 is 15.3 Å². The molecule has 0 spiro atoms. The number of aliphatic hydroxyl groups is 2. The Kier molecular flexibility index (Phi) is 8.22. The molecular formula is C24H29N6O8P. The minimum atomic E-state index is -4.30. The van der Waals surface area contributed by atoms with Crippen LogP contribution in [0, 0.1) is 11.3 Å². The average Bonchev–Trinajstić information content (AvgIpc) is 3.44. The van der Waals surface area contributed by atoms with Crippen LogP contribution in [-0.4, -0.2) is 67.8 Å². The largest absolute Gasteiger partial charge is 0.462 e. The number of nitrogens with zero attached hydrogens (tertiary/aromatic N) is 4. The second-order valence-corrected chi connectivity index (χ2v) is 10.8. The lowest BCUT2D eigenvalue weighted by molar-refractivity contribution is -0.149. The predicted octanol–water partition coefficient (Wildman–Crippen LogP) is 1.28. The topological polar surface area (TPSA) is 204 Å². The van der Waals surface area contributed by atoms with Gasteiger partial charge in [0.2, 0.25) is 5.60 Å². The van der Waals surface area contributed by atoms with E-state index in [1.54, 1.807) is 38.1 Å². The molecule has 39 heavy (non-hydrogen) atoms. The number of para-hydroxylation sites is 1. The molecule has 3 heterocycles. The van der Waals surface area contributed by atoms with Crippen molar-refractivity contribution >= 4 is 25.1 Å². The van der Waals surface area contributed by atoms with Crippen LogP contribution in [-0.2, 0) is 29.0 Å². The number of aromatic nitrogens is 3. The second kappa shape index (κ2) is 11.3. The molecule has 1 aliphatic rings. The number of nitrogen functional groups attached to an aromatic ring is 1. The van der Waals surface area contributed by atoms with E-state index < -0.39 is 56.4 Å². The number of carbonyl (C=O) groups excluding carboxylic acids is 1. The summed E-state index contributed by atoms with van der Waals surface area (Å²) < 4.78 is 37.2.